The average Bonchev–Trinajstić information content (AvgIpc) is 3.48. The summed E-state index contributed by atoms with van der Waals surface area (Å²) in [6.45, 7) is 1.51. The summed E-state index contributed by atoms with van der Waals surface area (Å²) >= 11 is 24.8. The molecule has 216 valence electrons. The molecule has 1 aliphatic rings. The molecule has 0 heterocycles. The first-order valence-corrected chi connectivity index (χ1v) is 13.0. The van der Waals surface area contributed by atoms with Gasteiger partial charge in [0.2, 0.25) is 5.91 Å². The van der Waals surface area contributed by atoms with Crippen LogP contribution in [0.25, 0.3) is 0 Å². The van der Waals surface area contributed by atoms with E-state index in [1.807, 2.05) is 0 Å². The molecule has 1 aliphatic carbocycles. The lowest BCUT2D eigenvalue weighted by Crippen LogP contribution is -2.22. The number of hydrogen-bond donors (Lipinski definition) is 3. The van der Waals surface area contributed by atoms with Gasteiger partial charge < -0.3 is 16.0 Å². The van der Waals surface area contributed by atoms with Gasteiger partial charge in [-0.15, -0.1) is 23.2 Å². The van der Waals surface area contributed by atoms with Crippen LogP contribution in [0, 0.1) is 30.3 Å². The number of benzene rings is 3. The van der Waals surface area contributed by atoms with E-state index in [0.29, 0.717) is 17.2 Å². The van der Waals surface area contributed by atoms with Crippen molar-refractivity contribution in [1.82, 2.24) is 0 Å². The topological polar surface area (TPSA) is 87.3 Å². The summed E-state index contributed by atoms with van der Waals surface area (Å²) in [5.41, 5.74) is -1.26. The first-order chi connectivity index (χ1) is 19.1. The minimum absolute atomic E-state index is 0.0801. The lowest BCUT2D eigenvalue weighted by Gasteiger charge is -2.14. The predicted octanol–water partition coefficient (Wildman–Crippen LogP) is 7.70. The summed E-state index contributed by atoms with van der Waals surface area (Å²) < 4.78 is 65.9. The second-order valence-electron chi connectivity index (χ2n) is 8.98. The summed E-state index contributed by atoms with van der Waals surface area (Å²) in [4.78, 5) is 37.3. The minimum atomic E-state index is -3.55. The Hall–Kier alpha value is -3.12. The first kappa shape index (κ1) is 30.8. The predicted molar refractivity (Wildman–Crippen MR) is 146 cm³/mol. The van der Waals surface area contributed by atoms with Gasteiger partial charge in [-0.1, -0.05) is 29.3 Å². The zero-order chi connectivity index (χ0) is 30.4. The Morgan fingerprint density at radius 2 is 1.56 bits per heavy atom. The summed E-state index contributed by atoms with van der Waals surface area (Å²) in [5, 5.41) is 5.86. The molecule has 3 N–H and O–H groups in total. The molecule has 0 bridgehead atoms. The van der Waals surface area contributed by atoms with Gasteiger partial charge in [-0.05, 0) is 54.4 Å². The van der Waals surface area contributed by atoms with Crippen LogP contribution in [0.5, 0.6) is 0 Å². The number of amides is 3. The van der Waals surface area contributed by atoms with Gasteiger partial charge in [-0.25, -0.2) is 13.2 Å². The number of anilines is 3. The van der Waals surface area contributed by atoms with Gasteiger partial charge in [0.25, 0.3) is 11.8 Å². The highest BCUT2D eigenvalue weighted by Crippen LogP contribution is 2.65. The van der Waals surface area contributed by atoms with Crippen LogP contribution in [0.3, 0.4) is 0 Å². The normalized spacial score (nSPS) is 17.2. The van der Waals surface area contributed by atoms with E-state index in [1.54, 1.807) is 0 Å². The van der Waals surface area contributed by atoms with E-state index in [2.05, 4.69) is 10.6 Å². The number of carbonyl (C=O) groups is 3. The minimum Gasteiger partial charge on any atom is -0.326 e. The van der Waals surface area contributed by atoms with Crippen LogP contribution >= 0.6 is 46.4 Å². The molecule has 1 saturated carbocycles. The SMILES string of the molecule is Cc1cc(NC(=O)[C@H]2[C@H](c3ccc(F)c(Cl)c3)C2(Cl)Cl)cc(C(=O)Nc2ccc(F)c(NC(=O)C(F)F)c2F)c1Cl. The van der Waals surface area contributed by atoms with Crippen molar-refractivity contribution in [3.8, 4) is 0 Å². The standard InChI is InChI=1S/C26H16Cl4F5N3O3/c1-9-6-11(36-24(40)18-17(26(18,29)30)10-2-3-14(31)13(27)7-10)8-12(19(9)28)23(39)37-16-5-4-15(32)21(20(16)33)38-25(41)22(34)35/h2-8,17-18,22H,1H3,(H,36,40)(H,37,39)(H,38,41)/t17-,18+/m0/s1. The number of hydrogen-bond acceptors (Lipinski definition) is 3. The Morgan fingerprint density at radius 3 is 2.20 bits per heavy atom. The lowest BCUT2D eigenvalue weighted by atomic mass is 10.1. The highest BCUT2D eigenvalue weighted by atomic mass is 35.5. The molecule has 4 rings (SSSR count). The van der Waals surface area contributed by atoms with Crippen LogP contribution < -0.4 is 16.0 Å². The summed E-state index contributed by atoms with van der Waals surface area (Å²) in [5.74, 6) is -8.85. The van der Waals surface area contributed by atoms with E-state index in [9.17, 15) is 36.3 Å². The third-order valence-corrected chi connectivity index (χ3v) is 7.92. The number of rotatable bonds is 7. The van der Waals surface area contributed by atoms with Crippen LogP contribution in [0.2, 0.25) is 10.0 Å². The number of nitrogens with one attached hydrogen (secondary N) is 3. The van der Waals surface area contributed by atoms with Crippen molar-refractivity contribution in [2.24, 2.45) is 5.92 Å². The van der Waals surface area contributed by atoms with Crippen molar-refractivity contribution in [2.45, 2.75) is 23.6 Å². The van der Waals surface area contributed by atoms with Gasteiger partial charge in [0.15, 0.2) is 5.82 Å². The highest BCUT2D eigenvalue weighted by molar-refractivity contribution is 6.53. The zero-order valence-corrected chi connectivity index (χ0v) is 23.4. The number of aryl methyl sites for hydroxylation is 1. The third-order valence-electron chi connectivity index (χ3n) is 6.19. The average molecular weight is 655 g/mol. The van der Waals surface area contributed by atoms with Crippen molar-refractivity contribution in [3.63, 3.8) is 0 Å². The molecule has 2 atom stereocenters. The van der Waals surface area contributed by atoms with Crippen molar-refractivity contribution in [3.05, 3.63) is 86.7 Å². The maximum Gasteiger partial charge on any atom is 0.315 e. The second kappa shape index (κ2) is 11.6. The molecule has 15 heteroatoms. The van der Waals surface area contributed by atoms with Gasteiger partial charge in [-0.3, -0.25) is 14.4 Å². The molecular weight excluding hydrogens is 639 g/mol. The molecule has 3 aromatic carbocycles. The number of alkyl halides is 4. The molecule has 0 saturated heterocycles. The Bertz CT molecular complexity index is 1590. The third kappa shape index (κ3) is 6.23. The Kier molecular flexibility index (Phi) is 8.75. The fourth-order valence-electron chi connectivity index (χ4n) is 4.13. The monoisotopic (exact) mass is 653 g/mol. The Labute approximate surface area is 249 Å². The first-order valence-electron chi connectivity index (χ1n) is 11.5. The van der Waals surface area contributed by atoms with Crippen molar-refractivity contribution >= 4 is 81.2 Å². The van der Waals surface area contributed by atoms with E-state index in [4.69, 9.17) is 46.4 Å². The van der Waals surface area contributed by atoms with Gasteiger partial charge >= 0.3 is 6.43 Å². The smallest absolute Gasteiger partial charge is 0.315 e. The molecule has 1 fully saturated rings. The van der Waals surface area contributed by atoms with Crippen LogP contribution in [-0.4, -0.2) is 28.5 Å². The largest absolute Gasteiger partial charge is 0.326 e. The molecule has 0 unspecified atom stereocenters. The van der Waals surface area contributed by atoms with E-state index in [-0.39, 0.29) is 21.3 Å². The maximum absolute atomic E-state index is 14.8. The van der Waals surface area contributed by atoms with E-state index >= 15 is 0 Å². The van der Waals surface area contributed by atoms with Crippen molar-refractivity contribution in [2.75, 3.05) is 16.0 Å². The fraction of sp³-hybridized carbons (Fsp3) is 0.192. The van der Waals surface area contributed by atoms with Crippen LogP contribution in [0.4, 0.5) is 39.0 Å². The fourth-order valence-corrected chi connectivity index (χ4v) is 5.34. The maximum atomic E-state index is 14.8. The summed E-state index contributed by atoms with van der Waals surface area (Å²) in [6.07, 6.45) is -3.55. The van der Waals surface area contributed by atoms with Crippen LogP contribution in [0.15, 0.2) is 42.5 Å². The number of halogens is 9. The summed E-state index contributed by atoms with van der Waals surface area (Å²) in [6, 6.07) is 7.87. The zero-order valence-electron chi connectivity index (χ0n) is 20.4. The molecule has 6 nitrogen and oxygen atoms in total. The van der Waals surface area contributed by atoms with Crippen molar-refractivity contribution in [1.29, 1.82) is 0 Å². The quantitative estimate of drug-likeness (QED) is 0.180. The van der Waals surface area contributed by atoms with E-state index in [1.165, 1.54) is 36.5 Å². The van der Waals surface area contributed by atoms with E-state index in [0.717, 1.165) is 12.1 Å². The molecule has 0 spiro atoms. The van der Waals surface area contributed by atoms with Gasteiger partial charge in [-0.2, -0.15) is 8.78 Å². The lowest BCUT2D eigenvalue weighted by molar-refractivity contribution is -0.126. The molecule has 3 aromatic rings. The Balaban J connectivity index is 1.55. The van der Waals surface area contributed by atoms with Crippen molar-refractivity contribution < 1.29 is 36.3 Å². The molecule has 0 aliphatic heterocycles. The molecule has 3 amide bonds. The van der Waals surface area contributed by atoms with Crippen LogP contribution in [-0.2, 0) is 9.59 Å². The molecular formula is C26H16Cl4F5N3O3. The molecule has 0 radical (unpaired) electrons. The Morgan fingerprint density at radius 1 is 0.902 bits per heavy atom. The van der Waals surface area contributed by atoms with Crippen LogP contribution in [0.1, 0.15) is 27.4 Å². The van der Waals surface area contributed by atoms with Gasteiger partial charge in [0.1, 0.15) is 21.7 Å². The van der Waals surface area contributed by atoms with E-state index < -0.39 is 69.1 Å². The molecule has 41 heavy (non-hydrogen) atoms. The van der Waals surface area contributed by atoms with Gasteiger partial charge in [0, 0.05) is 11.6 Å². The van der Waals surface area contributed by atoms with Gasteiger partial charge in [0.05, 0.1) is 27.2 Å². The second-order valence-corrected chi connectivity index (χ2v) is 11.2. The molecule has 0 aromatic heterocycles. The number of carbonyl (C=O) groups excluding carboxylic acids is 3. The summed E-state index contributed by atoms with van der Waals surface area (Å²) in [7, 11) is 0. The highest BCUT2D eigenvalue weighted by Gasteiger charge is 2.67.